The van der Waals surface area contributed by atoms with Crippen molar-refractivity contribution in [2.45, 2.75) is 0 Å². The third kappa shape index (κ3) is 0.741. The summed E-state index contributed by atoms with van der Waals surface area (Å²) in [5, 5.41) is 0. The molecule has 0 radical (unpaired) electrons. The molecule has 3 nitrogen and oxygen atoms in total. The molecule has 0 bridgehead atoms. The van der Waals surface area contributed by atoms with Crippen LogP contribution < -0.4 is 4.74 Å². The van der Waals surface area contributed by atoms with Gasteiger partial charge in [0.15, 0.2) is 0 Å². The van der Waals surface area contributed by atoms with Gasteiger partial charge in [0.05, 0.1) is 11.1 Å². The minimum atomic E-state index is -0.404. The monoisotopic (exact) mass is 147 g/mol. The van der Waals surface area contributed by atoms with Crippen molar-refractivity contribution in [2.75, 3.05) is 0 Å². The molecule has 2 heterocycles. The summed E-state index contributed by atoms with van der Waals surface area (Å²) in [6, 6.07) is 3.50. The van der Waals surface area contributed by atoms with Gasteiger partial charge in [0.1, 0.15) is 0 Å². The van der Waals surface area contributed by atoms with Crippen LogP contribution in [0.3, 0.4) is 0 Å². The predicted octanol–water partition coefficient (Wildman–Crippen LogP) is 1.01. The van der Waals surface area contributed by atoms with E-state index in [9.17, 15) is 4.79 Å². The maximum absolute atomic E-state index is 10.9. The smallest absolute Gasteiger partial charge is 0.345 e. The first-order valence-electron chi connectivity index (χ1n) is 3.15. The minimum absolute atomic E-state index is 0.363. The van der Waals surface area contributed by atoms with Gasteiger partial charge in [-0.2, -0.15) is 0 Å². The molecule has 11 heavy (non-hydrogen) atoms. The molecule has 1 aliphatic heterocycles. The van der Waals surface area contributed by atoms with Gasteiger partial charge in [-0.3, -0.25) is 0 Å². The number of hydrogen-bond donors (Lipinski definition) is 0. The molecule has 54 valence electrons. The van der Waals surface area contributed by atoms with E-state index < -0.39 is 5.97 Å². The second kappa shape index (κ2) is 1.92. The Morgan fingerprint density at radius 2 is 2.36 bits per heavy atom. The lowest BCUT2D eigenvalue weighted by Gasteiger charge is -1.90. The van der Waals surface area contributed by atoms with Crippen LogP contribution in [0.4, 0.5) is 0 Å². The number of rotatable bonds is 0. The summed E-state index contributed by atoms with van der Waals surface area (Å²) in [5.41, 5.74) is 1.07. The molecule has 0 fully saturated rings. The van der Waals surface area contributed by atoms with Gasteiger partial charge in [0.2, 0.25) is 5.88 Å². The molecule has 0 spiro atoms. The molecular weight excluding hydrogens is 142 g/mol. The van der Waals surface area contributed by atoms with Crippen LogP contribution in [0.1, 0.15) is 5.56 Å². The second-order valence-electron chi connectivity index (χ2n) is 2.22. The lowest BCUT2D eigenvalue weighted by atomic mass is 10.1. The molecule has 0 aliphatic carbocycles. The predicted molar refractivity (Wildman–Crippen MR) is 38.9 cm³/mol. The van der Waals surface area contributed by atoms with Crippen LogP contribution in [-0.4, -0.2) is 11.0 Å². The number of pyridine rings is 1. The van der Waals surface area contributed by atoms with Crippen molar-refractivity contribution in [3.05, 3.63) is 30.5 Å². The van der Waals surface area contributed by atoms with Gasteiger partial charge in [-0.15, -0.1) is 0 Å². The van der Waals surface area contributed by atoms with E-state index in [1.165, 1.54) is 0 Å². The van der Waals surface area contributed by atoms with Crippen molar-refractivity contribution < 1.29 is 9.53 Å². The summed E-state index contributed by atoms with van der Waals surface area (Å²) < 4.78 is 4.77. The van der Waals surface area contributed by atoms with E-state index >= 15 is 0 Å². The van der Waals surface area contributed by atoms with Gasteiger partial charge in [-0.25, -0.2) is 9.78 Å². The Balaban J connectivity index is 2.64. The van der Waals surface area contributed by atoms with Crippen LogP contribution in [0, 0.1) is 0 Å². The molecule has 0 saturated heterocycles. The summed E-state index contributed by atoms with van der Waals surface area (Å²) in [5.74, 6) is -0.0406. The largest absolute Gasteiger partial charge is 0.403 e. The normalized spacial score (nSPS) is 14.5. The zero-order valence-electron chi connectivity index (χ0n) is 5.70. The highest BCUT2D eigenvalue weighted by Crippen LogP contribution is 2.29. The number of carbonyl (C=O) groups is 1. The fourth-order valence-corrected chi connectivity index (χ4v) is 0.961. The molecular formula is C8H5NO2. The van der Waals surface area contributed by atoms with E-state index in [2.05, 4.69) is 11.6 Å². The van der Waals surface area contributed by atoms with Gasteiger partial charge in [-0.05, 0) is 12.1 Å². The van der Waals surface area contributed by atoms with Crippen molar-refractivity contribution in [3.63, 3.8) is 0 Å². The molecule has 3 heteroatoms. The van der Waals surface area contributed by atoms with E-state index in [1.54, 1.807) is 18.3 Å². The van der Waals surface area contributed by atoms with E-state index in [-0.39, 0.29) is 0 Å². The zero-order chi connectivity index (χ0) is 7.84. The Kier molecular flexibility index (Phi) is 1.06. The number of aromatic nitrogens is 1. The van der Waals surface area contributed by atoms with E-state index in [0.717, 1.165) is 0 Å². The number of fused-ring (bicyclic) bond motifs is 1. The highest BCUT2D eigenvalue weighted by molar-refractivity contribution is 6.20. The van der Waals surface area contributed by atoms with Crippen molar-refractivity contribution in [2.24, 2.45) is 0 Å². The Morgan fingerprint density at radius 1 is 1.55 bits per heavy atom. The molecule has 0 N–H and O–H groups in total. The highest BCUT2D eigenvalue weighted by Gasteiger charge is 2.25. The Morgan fingerprint density at radius 3 is 3.09 bits per heavy atom. The molecule has 0 amide bonds. The first kappa shape index (κ1) is 6.09. The third-order valence-corrected chi connectivity index (χ3v) is 1.53. The van der Waals surface area contributed by atoms with Crippen LogP contribution in [0.25, 0.3) is 5.57 Å². The quantitative estimate of drug-likeness (QED) is 0.406. The van der Waals surface area contributed by atoms with Crippen LogP contribution in [0.5, 0.6) is 5.88 Å². The van der Waals surface area contributed by atoms with Gasteiger partial charge in [-0.1, -0.05) is 6.58 Å². The standard InChI is InChI=1S/C8H5NO2/c1-5-6-3-2-4-9-7(6)11-8(5)10/h2-4H,1H2. The first-order valence-corrected chi connectivity index (χ1v) is 3.15. The van der Waals surface area contributed by atoms with Gasteiger partial charge < -0.3 is 4.74 Å². The summed E-state index contributed by atoms with van der Waals surface area (Å²) >= 11 is 0. The van der Waals surface area contributed by atoms with E-state index in [0.29, 0.717) is 17.0 Å². The van der Waals surface area contributed by atoms with Gasteiger partial charge in [0.25, 0.3) is 0 Å². The fraction of sp³-hybridized carbons (Fsp3) is 0. The SMILES string of the molecule is C=C1C(=O)Oc2ncccc21. The van der Waals surface area contributed by atoms with E-state index in [4.69, 9.17) is 4.74 Å². The summed E-state index contributed by atoms with van der Waals surface area (Å²) in [6.45, 7) is 3.56. The molecule has 0 unspecified atom stereocenters. The number of esters is 1. The minimum Gasteiger partial charge on any atom is -0.403 e. The lowest BCUT2D eigenvalue weighted by Crippen LogP contribution is -1.99. The average molecular weight is 147 g/mol. The summed E-state index contributed by atoms with van der Waals surface area (Å²) in [6.07, 6.45) is 1.57. The van der Waals surface area contributed by atoms with Crippen LogP contribution in [0.2, 0.25) is 0 Å². The Hall–Kier alpha value is -1.64. The molecule has 0 aromatic carbocycles. The molecule has 1 aliphatic rings. The highest BCUT2D eigenvalue weighted by atomic mass is 16.5. The average Bonchev–Trinajstić information content (AvgIpc) is 2.30. The van der Waals surface area contributed by atoms with Crippen LogP contribution in [0.15, 0.2) is 24.9 Å². The molecule has 1 aromatic rings. The molecule has 2 rings (SSSR count). The molecule has 1 aromatic heterocycles. The summed E-state index contributed by atoms with van der Waals surface area (Å²) in [4.78, 5) is 14.7. The van der Waals surface area contributed by atoms with E-state index in [1.807, 2.05) is 0 Å². The third-order valence-electron chi connectivity index (χ3n) is 1.53. The number of nitrogens with zero attached hydrogens (tertiary/aromatic N) is 1. The van der Waals surface area contributed by atoms with Crippen LogP contribution >= 0.6 is 0 Å². The maximum Gasteiger partial charge on any atom is 0.345 e. The topological polar surface area (TPSA) is 39.2 Å². The van der Waals surface area contributed by atoms with Crippen LogP contribution in [-0.2, 0) is 4.79 Å². The first-order chi connectivity index (χ1) is 5.29. The maximum atomic E-state index is 10.9. The number of carbonyl (C=O) groups excluding carboxylic acids is 1. The fourth-order valence-electron chi connectivity index (χ4n) is 0.961. The number of hydrogen-bond acceptors (Lipinski definition) is 3. The molecule has 0 saturated carbocycles. The van der Waals surface area contributed by atoms with Gasteiger partial charge >= 0.3 is 5.97 Å². The summed E-state index contributed by atoms with van der Waals surface area (Å²) in [7, 11) is 0. The van der Waals surface area contributed by atoms with Crippen molar-refractivity contribution >= 4 is 11.5 Å². The second-order valence-corrected chi connectivity index (χ2v) is 2.22. The van der Waals surface area contributed by atoms with Crippen molar-refractivity contribution in [1.29, 1.82) is 0 Å². The van der Waals surface area contributed by atoms with Crippen molar-refractivity contribution in [1.82, 2.24) is 4.98 Å². The Labute approximate surface area is 63.3 Å². The van der Waals surface area contributed by atoms with Gasteiger partial charge in [0, 0.05) is 6.20 Å². The lowest BCUT2D eigenvalue weighted by molar-refractivity contribution is -0.127. The molecule has 0 atom stereocenters. The number of ether oxygens (including phenoxy) is 1. The van der Waals surface area contributed by atoms with Crippen molar-refractivity contribution in [3.8, 4) is 5.88 Å². The Bertz CT molecular complexity index is 344. The zero-order valence-corrected chi connectivity index (χ0v) is 5.70.